The molecule has 142 valence electrons. The number of hydrogen-bond donors (Lipinski definition) is 1. The van der Waals surface area contributed by atoms with Crippen LogP contribution in [0, 0.1) is 17.0 Å². The van der Waals surface area contributed by atoms with E-state index in [0.29, 0.717) is 12.1 Å². The maximum atomic E-state index is 14.3. The molecule has 0 saturated carbocycles. The number of halogens is 2. The molecular formula is C22H24F2N2O. The van der Waals surface area contributed by atoms with Crippen molar-refractivity contribution in [2.75, 3.05) is 13.1 Å². The summed E-state index contributed by atoms with van der Waals surface area (Å²) in [5.74, 6) is -0.995. The number of carbonyl (C=O) groups is 1. The second-order valence-electron chi connectivity index (χ2n) is 8.02. The molecule has 5 heteroatoms. The van der Waals surface area contributed by atoms with Crippen LogP contribution in [0.5, 0.6) is 0 Å². The summed E-state index contributed by atoms with van der Waals surface area (Å²) >= 11 is 0. The molecule has 1 N–H and O–H groups in total. The Morgan fingerprint density at radius 1 is 1.15 bits per heavy atom. The third kappa shape index (κ3) is 4.54. The van der Waals surface area contributed by atoms with Gasteiger partial charge in [-0.15, -0.1) is 0 Å². The van der Waals surface area contributed by atoms with Crippen LogP contribution in [0.15, 0.2) is 54.6 Å². The Bertz CT molecular complexity index is 856. The predicted molar refractivity (Wildman–Crippen MR) is 103 cm³/mol. The van der Waals surface area contributed by atoms with E-state index in [4.69, 9.17) is 0 Å². The first-order valence-corrected chi connectivity index (χ1v) is 9.00. The molecule has 1 heterocycles. The van der Waals surface area contributed by atoms with Crippen molar-refractivity contribution in [3.05, 3.63) is 77.4 Å². The number of rotatable bonds is 3. The Hall–Kier alpha value is -2.69. The van der Waals surface area contributed by atoms with E-state index in [1.165, 1.54) is 6.07 Å². The predicted octanol–water partition coefficient (Wildman–Crippen LogP) is 5.16. The maximum Gasteiger partial charge on any atom is 0.318 e. The molecule has 2 aromatic carbocycles. The average Bonchev–Trinajstić information content (AvgIpc) is 3.07. The van der Waals surface area contributed by atoms with Crippen LogP contribution in [0.1, 0.15) is 37.9 Å². The molecule has 3 nitrogen and oxygen atoms in total. The second kappa shape index (κ2) is 7.51. The summed E-state index contributed by atoms with van der Waals surface area (Å²) in [7, 11) is 0. The molecule has 0 bridgehead atoms. The van der Waals surface area contributed by atoms with Crippen LogP contribution in [0.2, 0.25) is 0 Å². The van der Waals surface area contributed by atoms with Gasteiger partial charge < -0.3 is 10.2 Å². The third-order valence-corrected chi connectivity index (χ3v) is 4.48. The fourth-order valence-electron chi connectivity index (χ4n) is 3.10. The zero-order valence-corrected chi connectivity index (χ0v) is 15.8. The molecule has 0 saturated heterocycles. The van der Waals surface area contributed by atoms with Gasteiger partial charge in [-0.3, -0.25) is 0 Å². The molecule has 2 amide bonds. The van der Waals surface area contributed by atoms with Gasteiger partial charge in [0.25, 0.3) is 0 Å². The first-order chi connectivity index (χ1) is 12.7. The fraction of sp³-hybridized carbons (Fsp3) is 0.318. The van der Waals surface area contributed by atoms with Crippen LogP contribution in [0.3, 0.4) is 0 Å². The first-order valence-electron chi connectivity index (χ1n) is 9.00. The highest BCUT2D eigenvalue weighted by Gasteiger charge is 2.32. The van der Waals surface area contributed by atoms with Gasteiger partial charge in [-0.25, -0.2) is 13.6 Å². The number of nitrogens with one attached hydrogen (secondary N) is 1. The zero-order chi connectivity index (χ0) is 19.6. The van der Waals surface area contributed by atoms with Crippen LogP contribution < -0.4 is 5.32 Å². The molecule has 0 radical (unpaired) electrons. The van der Waals surface area contributed by atoms with E-state index in [9.17, 15) is 13.6 Å². The molecule has 3 rings (SSSR count). The Morgan fingerprint density at radius 3 is 2.52 bits per heavy atom. The molecule has 2 aromatic rings. The Labute approximate surface area is 158 Å². The second-order valence-corrected chi connectivity index (χ2v) is 8.02. The average molecular weight is 370 g/mol. The number of hydrogen-bond acceptors (Lipinski definition) is 1. The quantitative estimate of drug-likeness (QED) is 0.795. The van der Waals surface area contributed by atoms with Crippen molar-refractivity contribution in [1.82, 2.24) is 10.2 Å². The topological polar surface area (TPSA) is 32.3 Å². The summed E-state index contributed by atoms with van der Waals surface area (Å²) in [6.45, 7) is 6.86. The largest absolute Gasteiger partial charge is 0.337 e. The first kappa shape index (κ1) is 19.1. The fourth-order valence-corrected chi connectivity index (χ4v) is 3.10. The summed E-state index contributed by atoms with van der Waals surface area (Å²) in [5.41, 5.74) is 1.67. The molecule has 27 heavy (non-hydrogen) atoms. The van der Waals surface area contributed by atoms with Crippen molar-refractivity contribution in [2.24, 2.45) is 5.41 Å². The summed E-state index contributed by atoms with van der Waals surface area (Å²) < 4.78 is 27.9. The number of carbonyl (C=O) groups excluding carboxylic acids is 1. The van der Waals surface area contributed by atoms with Crippen molar-refractivity contribution in [1.29, 1.82) is 0 Å². The number of benzene rings is 2. The van der Waals surface area contributed by atoms with Gasteiger partial charge in [0.15, 0.2) is 0 Å². The monoisotopic (exact) mass is 370 g/mol. The minimum atomic E-state index is -0.501. The lowest BCUT2D eigenvalue weighted by molar-refractivity contribution is 0.192. The van der Waals surface area contributed by atoms with E-state index >= 15 is 0 Å². The lowest BCUT2D eigenvalue weighted by atomic mass is 9.97. The Morgan fingerprint density at radius 2 is 1.85 bits per heavy atom. The number of nitrogens with zero attached hydrogens (tertiary/aromatic N) is 1. The molecule has 0 fully saturated rings. The minimum absolute atomic E-state index is 0.0530. The van der Waals surface area contributed by atoms with Gasteiger partial charge in [-0.05, 0) is 34.8 Å². The molecule has 1 aliphatic heterocycles. The number of urea groups is 1. The highest BCUT2D eigenvalue weighted by atomic mass is 19.1. The van der Waals surface area contributed by atoms with Gasteiger partial charge in [0.1, 0.15) is 11.6 Å². The Balaban J connectivity index is 1.92. The summed E-state index contributed by atoms with van der Waals surface area (Å²) in [5, 5.41) is 2.95. The van der Waals surface area contributed by atoms with Crippen LogP contribution in [-0.4, -0.2) is 24.0 Å². The van der Waals surface area contributed by atoms with Gasteiger partial charge in [-0.1, -0.05) is 57.2 Å². The van der Waals surface area contributed by atoms with Gasteiger partial charge in [0.2, 0.25) is 0 Å². The van der Waals surface area contributed by atoms with Crippen molar-refractivity contribution in [3.63, 3.8) is 0 Å². The molecule has 0 aromatic heterocycles. The molecule has 0 aliphatic carbocycles. The molecule has 0 unspecified atom stereocenters. The minimum Gasteiger partial charge on any atom is -0.337 e. The smallest absolute Gasteiger partial charge is 0.318 e. The standard InChI is InChI=1S/C22H24F2N2O/c1-22(2,3)14-25-21(27)26-13-16(18-12-17(23)9-10-19(18)24)11-20(26)15-7-5-4-6-8-15/h4-12,20H,13-14H2,1-3H3,(H,25,27)/t20-/m0/s1. The van der Waals surface area contributed by atoms with Crippen molar-refractivity contribution < 1.29 is 13.6 Å². The Kier molecular flexibility index (Phi) is 5.31. The summed E-state index contributed by atoms with van der Waals surface area (Å²) in [6, 6.07) is 12.4. The number of amides is 2. The summed E-state index contributed by atoms with van der Waals surface area (Å²) in [6.07, 6.45) is 1.84. The van der Waals surface area contributed by atoms with Gasteiger partial charge in [0, 0.05) is 18.7 Å². The molecule has 0 spiro atoms. The molecule has 1 atom stereocenters. The van der Waals surface area contributed by atoms with E-state index < -0.39 is 11.6 Å². The van der Waals surface area contributed by atoms with E-state index in [-0.39, 0.29) is 29.6 Å². The van der Waals surface area contributed by atoms with E-state index in [1.54, 1.807) is 4.90 Å². The lowest BCUT2D eigenvalue weighted by Crippen LogP contribution is -2.43. The molecular weight excluding hydrogens is 346 g/mol. The normalized spacial score (nSPS) is 17.0. The van der Waals surface area contributed by atoms with Crippen molar-refractivity contribution in [3.8, 4) is 0 Å². The third-order valence-electron chi connectivity index (χ3n) is 4.48. The van der Waals surface area contributed by atoms with Crippen LogP contribution in [0.4, 0.5) is 13.6 Å². The molecule has 1 aliphatic rings. The maximum absolute atomic E-state index is 14.3. The van der Waals surface area contributed by atoms with E-state index in [1.807, 2.05) is 57.2 Å². The van der Waals surface area contributed by atoms with Gasteiger partial charge >= 0.3 is 6.03 Å². The van der Waals surface area contributed by atoms with Crippen LogP contribution in [0.25, 0.3) is 5.57 Å². The van der Waals surface area contributed by atoms with Crippen LogP contribution >= 0.6 is 0 Å². The van der Waals surface area contributed by atoms with Gasteiger partial charge in [-0.2, -0.15) is 0 Å². The highest BCUT2D eigenvalue weighted by Crippen LogP contribution is 2.35. The van der Waals surface area contributed by atoms with Crippen molar-refractivity contribution in [2.45, 2.75) is 26.8 Å². The highest BCUT2D eigenvalue weighted by molar-refractivity contribution is 5.82. The van der Waals surface area contributed by atoms with Gasteiger partial charge in [0.05, 0.1) is 6.04 Å². The zero-order valence-electron chi connectivity index (χ0n) is 15.8. The lowest BCUT2D eigenvalue weighted by Gasteiger charge is -2.27. The SMILES string of the molecule is CC(C)(C)CNC(=O)N1CC(c2cc(F)ccc2F)=C[C@H]1c1ccccc1. The van der Waals surface area contributed by atoms with E-state index in [2.05, 4.69) is 5.32 Å². The van der Waals surface area contributed by atoms with Crippen molar-refractivity contribution >= 4 is 11.6 Å². The summed E-state index contributed by atoms with van der Waals surface area (Å²) in [4.78, 5) is 14.5. The van der Waals surface area contributed by atoms with E-state index in [0.717, 1.165) is 17.7 Å². The van der Waals surface area contributed by atoms with Crippen LogP contribution in [-0.2, 0) is 0 Å².